The van der Waals surface area contributed by atoms with Gasteiger partial charge in [-0.3, -0.25) is 4.79 Å². The van der Waals surface area contributed by atoms with Crippen LogP contribution >= 0.6 is 0 Å². The van der Waals surface area contributed by atoms with Gasteiger partial charge in [-0.15, -0.1) is 0 Å². The fraction of sp³-hybridized carbons (Fsp3) is 0.909. The Balaban J connectivity index is 3.03. The van der Waals surface area contributed by atoms with Gasteiger partial charge in [0.2, 0.25) is 0 Å². The number of hydrogen-bond acceptors (Lipinski definition) is 3. The van der Waals surface area contributed by atoms with Crippen LogP contribution in [0.25, 0.3) is 0 Å². The molecule has 1 N–H and O–H groups in total. The second-order valence-electron chi connectivity index (χ2n) is 5.69. The maximum absolute atomic E-state index is 11.4. The predicted octanol–water partition coefficient (Wildman–Crippen LogP) is 1.06. The van der Waals surface area contributed by atoms with Crippen LogP contribution in [0.4, 0.5) is 0 Å². The van der Waals surface area contributed by atoms with E-state index in [4.69, 9.17) is 4.74 Å². The van der Waals surface area contributed by atoms with Crippen molar-refractivity contribution in [1.29, 1.82) is 0 Å². The molecule has 0 spiro atoms. The van der Waals surface area contributed by atoms with Gasteiger partial charge in [-0.05, 0) is 19.5 Å². The average molecular weight is 215 g/mol. The molecule has 1 saturated heterocycles. The summed E-state index contributed by atoms with van der Waals surface area (Å²) < 4.78 is 5.12. The summed E-state index contributed by atoms with van der Waals surface area (Å²) in [5.74, 6) is -0.748. The van der Waals surface area contributed by atoms with E-state index in [9.17, 15) is 9.90 Å². The lowest BCUT2D eigenvalue weighted by Crippen LogP contribution is -2.65. The molecule has 0 aromatic rings. The molecular weight excluding hydrogens is 194 g/mol. The van der Waals surface area contributed by atoms with Crippen LogP contribution in [0, 0.1) is 10.8 Å². The smallest absolute Gasteiger partial charge is 0.316 e. The molecule has 15 heavy (non-hydrogen) atoms. The zero-order chi connectivity index (χ0) is 11.9. The number of carbonyl (C=O) groups is 1. The Kier molecular flexibility index (Phi) is 3.12. The van der Waals surface area contributed by atoms with E-state index in [2.05, 4.69) is 20.8 Å². The van der Waals surface area contributed by atoms with Crippen LogP contribution in [0.3, 0.4) is 0 Å². The van der Waals surface area contributed by atoms with E-state index in [-0.39, 0.29) is 11.5 Å². The largest absolute Gasteiger partial charge is 0.481 e. The van der Waals surface area contributed by atoms with Gasteiger partial charge in [0.05, 0.1) is 13.2 Å². The van der Waals surface area contributed by atoms with Crippen LogP contribution in [0.15, 0.2) is 0 Å². The lowest BCUT2D eigenvalue weighted by atomic mass is 9.67. The predicted molar refractivity (Wildman–Crippen MR) is 57.8 cm³/mol. The fourth-order valence-corrected chi connectivity index (χ4v) is 2.82. The number of carboxylic acid groups (broad SMARTS) is 1. The first-order chi connectivity index (χ1) is 6.72. The van der Waals surface area contributed by atoms with Gasteiger partial charge in [-0.25, -0.2) is 0 Å². The van der Waals surface area contributed by atoms with Gasteiger partial charge in [0.15, 0.2) is 0 Å². The van der Waals surface area contributed by atoms with Crippen molar-refractivity contribution in [3.8, 4) is 0 Å². The molecule has 0 aliphatic carbocycles. The van der Waals surface area contributed by atoms with E-state index in [1.54, 1.807) is 0 Å². The molecule has 1 unspecified atom stereocenters. The standard InChI is InChI=1S/C11H21NO3/c1-10(2,3)8(12(4)5)11(9(13)14)6-15-7-11/h8H,6-7H2,1-5H3,(H,13,14). The maximum Gasteiger partial charge on any atom is 0.316 e. The monoisotopic (exact) mass is 215 g/mol. The third kappa shape index (κ3) is 2.01. The summed E-state index contributed by atoms with van der Waals surface area (Å²) in [7, 11) is 3.86. The summed E-state index contributed by atoms with van der Waals surface area (Å²) in [4.78, 5) is 13.4. The Morgan fingerprint density at radius 2 is 1.87 bits per heavy atom. The summed E-state index contributed by atoms with van der Waals surface area (Å²) in [6, 6.07) is -0.0174. The zero-order valence-corrected chi connectivity index (χ0v) is 10.2. The van der Waals surface area contributed by atoms with Gasteiger partial charge >= 0.3 is 5.97 Å². The van der Waals surface area contributed by atoms with Crippen molar-refractivity contribution in [1.82, 2.24) is 4.90 Å². The number of nitrogens with zero attached hydrogens (tertiary/aromatic N) is 1. The van der Waals surface area contributed by atoms with Crippen molar-refractivity contribution in [2.24, 2.45) is 10.8 Å². The Morgan fingerprint density at radius 1 is 1.40 bits per heavy atom. The Labute approximate surface area is 91.2 Å². The second-order valence-corrected chi connectivity index (χ2v) is 5.69. The highest BCUT2D eigenvalue weighted by molar-refractivity contribution is 5.77. The molecule has 4 heteroatoms. The molecule has 1 atom stereocenters. The lowest BCUT2D eigenvalue weighted by molar-refractivity contribution is -0.202. The summed E-state index contributed by atoms with van der Waals surface area (Å²) in [5.41, 5.74) is -0.812. The minimum absolute atomic E-state index is 0.0174. The van der Waals surface area contributed by atoms with E-state index < -0.39 is 11.4 Å². The first-order valence-corrected chi connectivity index (χ1v) is 5.19. The van der Waals surface area contributed by atoms with Crippen molar-refractivity contribution >= 4 is 5.97 Å². The molecule has 1 heterocycles. The highest BCUT2D eigenvalue weighted by Crippen LogP contribution is 2.42. The summed E-state index contributed by atoms with van der Waals surface area (Å²) in [6.45, 7) is 6.85. The Bertz CT molecular complexity index is 251. The van der Waals surface area contributed by atoms with Crippen LogP contribution < -0.4 is 0 Å². The highest BCUT2D eigenvalue weighted by atomic mass is 16.5. The highest BCUT2D eigenvalue weighted by Gasteiger charge is 2.56. The van der Waals surface area contributed by atoms with Crippen molar-refractivity contribution in [3.63, 3.8) is 0 Å². The van der Waals surface area contributed by atoms with Crippen LogP contribution in [-0.2, 0) is 9.53 Å². The van der Waals surface area contributed by atoms with Crippen molar-refractivity contribution in [2.45, 2.75) is 26.8 Å². The Hall–Kier alpha value is -0.610. The van der Waals surface area contributed by atoms with Gasteiger partial charge in [0.25, 0.3) is 0 Å². The maximum atomic E-state index is 11.4. The first-order valence-electron chi connectivity index (χ1n) is 5.19. The van der Waals surface area contributed by atoms with Gasteiger partial charge in [-0.1, -0.05) is 20.8 Å². The zero-order valence-electron chi connectivity index (χ0n) is 10.2. The van der Waals surface area contributed by atoms with E-state index in [1.807, 2.05) is 19.0 Å². The molecule has 0 aromatic carbocycles. The number of hydrogen-bond donors (Lipinski definition) is 1. The van der Waals surface area contributed by atoms with Gasteiger partial charge in [-0.2, -0.15) is 0 Å². The van der Waals surface area contributed by atoms with E-state index in [1.165, 1.54) is 0 Å². The third-order valence-electron chi connectivity index (χ3n) is 3.01. The summed E-state index contributed by atoms with van der Waals surface area (Å²) >= 11 is 0. The van der Waals surface area contributed by atoms with E-state index in [0.717, 1.165) is 0 Å². The number of aliphatic carboxylic acids is 1. The van der Waals surface area contributed by atoms with Crippen LogP contribution in [0.2, 0.25) is 0 Å². The molecule has 1 rings (SSSR count). The minimum Gasteiger partial charge on any atom is -0.481 e. The third-order valence-corrected chi connectivity index (χ3v) is 3.01. The van der Waals surface area contributed by atoms with Crippen molar-refractivity contribution in [3.05, 3.63) is 0 Å². The Morgan fingerprint density at radius 3 is 1.93 bits per heavy atom. The first kappa shape index (κ1) is 12.5. The average Bonchev–Trinajstić information content (AvgIpc) is 1.91. The van der Waals surface area contributed by atoms with Crippen LogP contribution in [-0.4, -0.2) is 49.3 Å². The molecule has 1 aliphatic heterocycles. The molecule has 4 nitrogen and oxygen atoms in total. The van der Waals surface area contributed by atoms with Crippen LogP contribution in [0.5, 0.6) is 0 Å². The SMILES string of the molecule is CN(C)C(C(C)(C)C)C1(C(=O)O)COC1. The molecule has 1 fully saturated rings. The molecular formula is C11H21NO3. The fourth-order valence-electron chi connectivity index (χ4n) is 2.82. The number of ether oxygens (including phenoxy) is 1. The van der Waals surface area contributed by atoms with Gasteiger partial charge < -0.3 is 14.7 Å². The molecule has 1 aliphatic rings. The summed E-state index contributed by atoms with van der Waals surface area (Å²) in [5, 5.41) is 9.36. The second kappa shape index (κ2) is 3.76. The molecule has 0 amide bonds. The van der Waals surface area contributed by atoms with Gasteiger partial charge in [0, 0.05) is 6.04 Å². The van der Waals surface area contributed by atoms with E-state index >= 15 is 0 Å². The molecule has 0 bridgehead atoms. The van der Waals surface area contributed by atoms with Crippen molar-refractivity contribution < 1.29 is 14.6 Å². The normalized spacial score (nSPS) is 22.3. The minimum atomic E-state index is -0.748. The van der Waals surface area contributed by atoms with Gasteiger partial charge in [0.1, 0.15) is 5.41 Å². The van der Waals surface area contributed by atoms with Crippen molar-refractivity contribution in [2.75, 3.05) is 27.3 Å². The lowest BCUT2D eigenvalue weighted by Gasteiger charge is -2.51. The molecule has 0 aromatic heterocycles. The molecule has 0 saturated carbocycles. The quantitative estimate of drug-likeness (QED) is 0.765. The summed E-state index contributed by atoms with van der Waals surface area (Å²) in [6.07, 6.45) is 0. The number of carboxylic acids is 1. The van der Waals surface area contributed by atoms with E-state index in [0.29, 0.717) is 13.2 Å². The topological polar surface area (TPSA) is 49.8 Å². The molecule has 88 valence electrons. The van der Waals surface area contributed by atoms with Crippen LogP contribution in [0.1, 0.15) is 20.8 Å². The molecule has 0 radical (unpaired) electrons. The number of rotatable bonds is 3.